The first-order valence-corrected chi connectivity index (χ1v) is 7.99. The summed E-state index contributed by atoms with van der Waals surface area (Å²) in [5.41, 5.74) is 0. The highest BCUT2D eigenvalue weighted by Crippen LogP contribution is 2.26. The zero-order valence-corrected chi connectivity index (χ0v) is 10.8. The van der Waals surface area contributed by atoms with Crippen LogP contribution in [0.2, 0.25) is 0 Å². The molecule has 0 amide bonds. The number of piperidine rings is 1. The lowest BCUT2D eigenvalue weighted by molar-refractivity contribution is 0.211. The van der Waals surface area contributed by atoms with E-state index in [-0.39, 0.29) is 11.8 Å². The van der Waals surface area contributed by atoms with Crippen LogP contribution in [0.15, 0.2) is 0 Å². The molecule has 1 N–H and O–H groups in total. The predicted molar refractivity (Wildman–Crippen MR) is 64.8 cm³/mol. The molecule has 0 aliphatic carbocycles. The van der Waals surface area contributed by atoms with Gasteiger partial charge in [-0.3, -0.25) is 0 Å². The van der Waals surface area contributed by atoms with E-state index in [0.29, 0.717) is 6.04 Å². The minimum Gasteiger partial charge on any atom is -0.312 e. The Morgan fingerprint density at radius 2 is 2.06 bits per heavy atom. The molecule has 2 heterocycles. The van der Waals surface area contributed by atoms with E-state index in [1.54, 1.807) is 11.2 Å². The fourth-order valence-corrected chi connectivity index (χ4v) is 4.29. The van der Waals surface area contributed by atoms with Gasteiger partial charge in [0, 0.05) is 18.6 Å². The summed E-state index contributed by atoms with van der Waals surface area (Å²) in [5, 5.41) is 3.45. The van der Waals surface area contributed by atoms with Crippen LogP contribution in [0.25, 0.3) is 0 Å². The van der Waals surface area contributed by atoms with E-state index in [4.69, 9.17) is 0 Å². The Balaban J connectivity index is 2.13. The smallest absolute Gasteiger partial charge is 0.214 e. The second-order valence-corrected chi connectivity index (χ2v) is 6.99. The number of hydrogen-bond donors (Lipinski definition) is 1. The van der Waals surface area contributed by atoms with E-state index in [1.807, 2.05) is 0 Å². The summed E-state index contributed by atoms with van der Waals surface area (Å²) < 4.78 is 25.8. The van der Waals surface area contributed by atoms with E-state index in [2.05, 4.69) is 5.32 Å². The summed E-state index contributed by atoms with van der Waals surface area (Å²) in [5.74, 6) is 0.232. The standard InChI is InChI=1S/C11H22N2O2S/c1-2-16(14,15)13-9-4-3-7-11(13)10-6-5-8-12-10/h10-12H,2-9H2,1H3. The summed E-state index contributed by atoms with van der Waals surface area (Å²) in [6.07, 6.45) is 5.51. The molecule has 0 radical (unpaired) electrons. The zero-order chi connectivity index (χ0) is 11.6. The molecule has 2 fully saturated rings. The second-order valence-electron chi connectivity index (χ2n) is 4.78. The molecule has 2 aliphatic heterocycles. The van der Waals surface area contributed by atoms with Gasteiger partial charge in [-0.1, -0.05) is 6.42 Å². The van der Waals surface area contributed by atoms with E-state index >= 15 is 0 Å². The van der Waals surface area contributed by atoms with Gasteiger partial charge in [-0.15, -0.1) is 0 Å². The number of nitrogens with one attached hydrogen (secondary N) is 1. The largest absolute Gasteiger partial charge is 0.312 e. The van der Waals surface area contributed by atoms with E-state index < -0.39 is 10.0 Å². The Morgan fingerprint density at radius 3 is 2.69 bits per heavy atom. The van der Waals surface area contributed by atoms with E-state index in [0.717, 1.165) is 32.4 Å². The van der Waals surface area contributed by atoms with E-state index in [1.165, 1.54) is 12.8 Å². The highest BCUT2D eigenvalue weighted by Gasteiger charge is 2.36. The van der Waals surface area contributed by atoms with Gasteiger partial charge in [0.15, 0.2) is 0 Å². The van der Waals surface area contributed by atoms with Crippen LogP contribution in [-0.4, -0.2) is 43.6 Å². The van der Waals surface area contributed by atoms with Crippen molar-refractivity contribution in [1.82, 2.24) is 9.62 Å². The second kappa shape index (κ2) is 5.02. The Bertz CT molecular complexity index is 323. The number of sulfonamides is 1. The van der Waals surface area contributed by atoms with Crippen molar-refractivity contribution in [1.29, 1.82) is 0 Å². The van der Waals surface area contributed by atoms with Crippen molar-refractivity contribution in [3.8, 4) is 0 Å². The van der Waals surface area contributed by atoms with Crippen LogP contribution < -0.4 is 5.32 Å². The number of hydrogen-bond acceptors (Lipinski definition) is 3. The normalized spacial score (nSPS) is 33.1. The fourth-order valence-electron chi connectivity index (χ4n) is 2.88. The molecular formula is C11H22N2O2S. The molecule has 2 saturated heterocycles. The van der Waals surface area contributed by atoms with Crippen LogP contribution in [0, 0.1) is 0 Å². The van der Waals surface area contributed by atoms with Crippen molar-refractivity contribution in [3.63, 3.8) is 0 Å². The average molecular weight is 246 g/mol. The number of nitrogens with zero attached hydrogens (tertiary/aromatic N) is 1. The molecule has 0 aromatic heterocycles. The Kier molecular flexibility index (Phi) is 3.87. The fraction of sp³-hybridized carbons (Fsp3) is 1.00. The molecule has 2 unspecified atom stereocenters. The molecular weight excluding hydrogens is 224 g/mol. The minimum absolute atomic E-state index is 0.209. The lowest BCUT2D eigenvalue weighted by Crippen LogP contribution is -2.52. The molecule has 0 spiro atoms. The summed E-state index contributed by atoms with van der Waals surface area (Å²) in [4.78, 5) is 0. The van der Waals surface area contributed by atoms with Crippen LogP contribution in [0.3, 0.4) is 0 Å². The van der Waals surface area contributed by atoms with Crippen molar-refractivity contribution in [2.24, 2.45) is 0 Å². The van der Waals surface area contributed by atoms with Gasteiger partial charge in [-0.05, 0) is 39.2 Å². The topological polar surface area (TPSA) is 49.4 Å². The van der Waals surface area contributed by atoms with E-state index in [9.17, 15) is 8.42 Å². The monoisotopic (exact) mass is 246 g/mol. The summed E-state index contributed by atoms with van der Waals surface area (Å²) >= 11 is 0. The molecule has 4 nitrogen and oxygen atoms in total. The first-order chi connectivity index (χ1) is 7.65. The molecule has 2 aliphatic rings. The molecule has 16 heavy (non-hydrogen) atoms. The lowest BCUT2D eigenvalue weighted by Gasteiger charge is -2.38. The van der Waals surface area contributed by atoms with Crippen LogP contribution >= 0.6 is 0 Å². The quantitative estimate of drug-likeness (QED) is 0.806. The molecule has 0 aromatic carbocycles. The SMILES string of the molecule is CCS(=O)(=O)N1CCCCC1C1CCCN1. The van der Waals surface area contributed by atoms with Crippen LogP contribution in [0.4, 0.5) is 0 Å². The maximum absolute atomic E-state index is 12.0. The van der Waals surface area contributed by atoms with Crippen LogP contribution in [0.5, 0.6) is 0 Å². The predicted octanol–water partition coefficient (Wildman–Crippen LogP) is 0.943. The van der Waals surface area contributed by atoms with Gasteiger partial charge in [0.2, 0.25) is 10.0 Å². The Morgan fingerprint density at radius 1 is 1.25 bits per heavy atom. The van der Waals surface area contributed by atoms with Gasteiger partial charge < -0.3 is 5.32 Å². The van der Waals surface area contributed by atoms with Gasteiger partial charge in [-0.2, -0.15) is 4.31 Å². The van der Waals surface area contributed by atoms with Gasteiger partial charge in [0.05, 0.1) is 5.75 Å². The van der Waals surface area contributed by atoms with Crippen molar-refractivity contribution in [3.05, 3.63) is 0 Å². The first kappa shape index (κ1) is 12.3. The van der Waals surface area contributed by atoms with Gasteiger partial charge in [-0.25, -0.2) is 8.42 Å². The molecule has 2 atom stereocenters. The number of rotatable bonds is 3. The maximum atomic E-state index is 12.0. The molecule has 0 aromatic rings. The zero-order valence-electron chi connectivity index (χ0n) is 9.98. The highest BCUT2D eigenvalue weighted by molar-refractivity contribution is 7.89. The highest BCUT2D eigenvalue weighted by atomic mass is 32.2. The third-order valence-corrected chi connectivity index (χ3v) is 5.68. The van der Waals surface area contributed by atoms with Gasteiger partial charge in [0.25, 0.3) is 0 Å². The Labute approximate surface area is 98.4 Å². The first-order valence-electron chi connectivity index (χ1n) is 6.38. The van der Waals surface area contributed by atoms with Crippen molar-refractivity contribution in [2.75, 3.05) is 18.8 Å². The van der Waals surface area contributed by atoms with Crippen molar-refractivity contribution < 1.29 is 8.42 Å². The molecule has 0 bridgehead atoms. The van der Waals surface area contributed by atoms with Crippen LogP contribution in [-0.2, 0) is 10.0 Å². The molecule has 2 rings (SSSR count). The summed E-state index contributed by atoms with van der Waals surface area (Å²) in [6, 6.07) is 0.600. The lowest BCUT2D eigenvalue weighted by atomic mass is 9.97. The van der Waals surface area contributed by atoms with Gasteiger partial charge >= 0.3 is 0 Å². The average Bonchev–Trinajstić information content (AvgIpc) is 2.82. The minimum atomic E-state index is -3.01. The molecule has 0 saturated carbocycles. The van der Waals surface area contributed by atoms with Crippen molar-refractivity contribution >= 4 is 10.0 Å². The summed E-state index contributed by atoms with van der Waals surface area (Å²) in [6.45, 7) is 3.50. The molecule has 5 heteroatoms. The van der Waals surface area contributed by atoms with Crippen LogP contribution in [0.1, 0.15) is 39.0 Å². The van der Waals surface area contributed by atoms with Gasteiger partial charge in [0.1, 0.15) is 0 Å². The maximum Gasteiger partial charge on any atom is 0.214 e. The summed E-state index contributed by atoms with van der Waals surface area (Å²) in [7, 11) is -3.01. The third-order valence-electron chi connectivity index (χ3n) is 3.78. The third kappa shape index (κ3) is 2.41. The molecule has 94 valence electrons. The van der Waals surface area contributed by atoms with Crippen molar-refractivity contribution in [2.45, 2.75) is 51.1 Å². The Hall–Kier alpha value is -0.130.